The molecule has 0 aromatic heterocycles. The summed E-state index contributed by atoms with van der Waals surface area (Å²) in [6.07, 6.45) is 6.04. The van der Waals surface area contributed by atoms with E-state index < -0.39 is 0 Å². The van der Waals surface area contributed by atoms with Gasteiger partial charge in [0.2, 0.25) is 5.91 Å². The average Bonchev–Trinajstić information content (AvgIpc) is 2.61. The first-order valence-corrected chi connectivity index (χ1v) is 9.39. The summed E-state index contributed by atoms with van der Waals surface area (Å²) in [5.74, 6) is 0.298. The fourth-order valence-corrected chi connectivity index (χ4v) is 4.05. The normalized spacial score (nSPS) is 26.2. The summed E-state index contributed by atoms with van der Waals surface area (Å²) in [5.41, 5.74) is 2.39. The fourth-order valence-electron chi connectivity index (χ4n) is 4.05. The van der Waals surface area contributed by atoms with Crippen LogP contribution in [0.1, 0.15) is 49.7 Å². The highest BCUT2D eigenvalue weighted by Gasteiger charge is 2.33. The molecule has 24 heavy (non-hydrogen) atoms. The van der Waals surface area contributed by atoms with E-state index in [-0.39, 0.29) is 17.9 Å². The lowest BCUT2D eigenvalue weighted by atomic mass is 9.88. The fraction of sp³-hybridized carbons (Fsp3) is 0.650. The number of aryl methyl sites for hydroxylation is 1. The molecule has 1 saturated heterocycles. The molecule has 2 atom stereocenters. The van der Waals surface area contributed by atoms with Crippen LogP contribution in [0.25, 0.3) is 0 Å². The number of nitrogens with one attached hydrogen (secondary N) is 1. The molecule has 0 bridgehead atoms. The number of piperidine rings is 1. The lowest BCUT2D eigenvalue weighted by molar-refractivity contribution is -0.127. The van der Waals surface area contributed by atoms with Gasteiger partial charge in [0.1, 0.15) is 0 Å². The van der Waals surface area contributed by atoms with E-state index in [2.05, 4.69) is 41.4 Å². The third kappa shape index (κ3) is 4.37. The molecule has 2 N–H and O–H groups in total. The topological polar surface area (TPSA) is 52.6 Å². The van der Waals surface area contributed by atoms with Gasteiger partial charge in [0, 0.05) is 18.5 Å². The van der Waals surface area contributed by atoms with Gasteiger partial charge in [-0.1, -0.05) is 42.7 Å². The number of rotatable bonds is 4. The van der Waals surface area contributed by atoms with Crippen molar-refractivity contribution in [3.63, 3.8) is 0 Å². The highest BCUT2D eigenvalue weighted by atomic mass is 16.3. The van der Waals surface area contributed by atoms with E-state index in [4.69, 9.17) is 0 Å². The molecule has 132 valence electrons. The smallest absolute Gasteiger partial charge is 0.223 e. The van der Waals surface area contributed by atoms with Gasteiger partial charge >= 0.3 is 0 Å². The van der Waals surface area contributed by atoms with Crippen LogP contribution in [0.3, 0.4) is 0 Å². The predicted octanol–water partition coefficient (Wildman–Crippen LogP) is 2.63. The molecule has 1 heterocycles. The number of hydrogen-bond donors (Lipinski definition) is 2. The van der Waals surface area contributed by atoms with Crippen LogP contribution >= 0.6 is 0 Å². The Labute approximate surface area is 145 Å². The molecule has 4 nitrogen and oxygen atoms in total. The van der Waals surface area contributed by atoms with Gasteiger partial charge in [-0.15, -0.1) is 0 Å². The van der Waals surface area contributed by atoms with Gasteiger partial charge in [0.15, 0.2) is 0 Å². The first-order chi connectivity index (χ1) is 11.6. The maximum Gasteiger partial charge on any atom is 0.223 e. The molecule has 1 aliphatic carbocycles. The Morgan fingerprint density at radius 2 is 1.79 bits per heavy atom. The van der Waals surface area contributed by atoms with Crippen molar-refractivity contribution in [2.24, 2.45) is 5.92 Å². The van der Waals surface area contributed by atoms with Crippen molar-refractivity contribution in [3.8, 4) is 0 Å². The minimum absolute atomic E-state index is 0.118. The lowest BCUT2D eigenvalue weighted by Gasteiger charge is -2.41. The Morgan fingerprint density at radius 3 is 2.46 bits per heavy atom. The summed E-state index contributed by atoms with van der Waals surface area (Å²) in [6, 6.07) is 8.62. The number of aliphatic hydroxyl groups is 1. The molecule has 1 saturated carbocycles. The maximum atomic E-state index is 12.4. The van der Waals surface area contributed by atoms with E-state index in [9.17, 15) is 9.90 Å². The number of hydrogen-bond acceptors (Lipinski definition) is 3. The van der Waals surface area contributed by atoms with Crippen LogP contribution in [0.15, 0.2) is 24.3 Å². The molecule has 0 spiro atoms. The molecule has 2 fully saturated rings. The second-order valence-electron chi connectivity index (χ2n) is 7.43. The monoisotopic (exact) mass is 330 g/mol. The molecule has 3 rings (SSSR count). The maximum absolute atomic E-state index is 12.4. The van der Waals surface area contributed by atoms with Crippen molar-refractivity contribution < 1.29 is 9.90 Å². The van der Waals surface area contributed by atoms with E-state index in [0.29, 0.717) is 12.6 Å². The second kappa shape index (κ2) is 8.13. The van der Waals surface area contributed by atoms with Crippen molar-refractivity contribution in [3.05, 3.63) is 35.4 Å². The van der Waals surface area contributed by atoms with Gasteiger partial charge in [-0.3, -0.25) is 9.69 Å². The number of likely N-dealkylation sites (tertiary alicyclic amines) is 1. The molecule has 2 aliphatic rings. The highest BCUT2D eigenvalue weighted by Crippen LogP contribution is 2.27. The molecule has 1 amide bonds. The first-order valence-electron chi connectivity index (χ1n) is 9.39. The Kier molecular flexibility index (Phi) is 5.90. The average molecular weight is 330 g/mol. The third-order valence-corrected chi connectivity index (χ3v) is 5.65. The molecule has 1 aromatic carbocycles. The minimum Gasteiger partial charge on any atom is -0.391 e. The van der Waals surface area contributed by atoms with Gasteiger partial charge in [-0.25, -0.2) is 0 Å². The summed E-state index contributed by atoms with van der Waals surface area (Å²) in [5, 5.41) is 13.3. The number of carbonyl (C=O) groups is 1. The number of benzene rings is 1. The second-order valence-corrected chi connectivity index (χ2v) is 7.43. The first kappa shape index (κ1) is 17.4. The van der Waals surface area contributed by atoms with Crippen LogP contribution in [-0.2, 0) is 11.3 Å². The van der Waals surface area contributed by atoms with Gasteiger partial charge < -0.3 is 10.4 Å². The van der Waals surface area contributed by atoms with Crippen LogP contribution in [0, 0.1) is 12.8 Å². The van der Waals surface area contributed by atoms with Crippen LogP contribution < -0.4 is 5.32 Å². The van der Waals surface area contributed by atoms with E-state index >= 15 is 0 Å². The number of nitrogens with zero attached hydrogens (tertiary/aromatic N) is 1. The Hall–Kier alpha value is -1.39. The zero-order valence-corrected chi connectivity index (χ0v) is 14.7. The van der Waals surface area contributed by atoms with Crippen LogP contribution in [-0.4, -0.2) is 41.1 Å². The minimum atomic E-state index is -0.175. The number of amides is 1. The quantitative estimate of drug-likeness (QED) is 0.892. The lowest BCUT2D eigenvalue weighted by Crippen LogP contribution is -2.50. The molecular formula is C20H30N2O2. The molecule has 1 aromatic rings. The van der Waals surface area contributed by atoms with Crippen molar-refractivity contribution in [2.45, 2.75) is 64.1 Å². The summed E-state index contributed by atoms with van der Waals surface area (Å²) in [7, 11) is 0. The van der Waals surface area contributed by atoms with E-state index in [1.807, 2.05) is 0 Å². The zero-order valence-electron chi connectivity index (χ0n) is 14.7. The Bertz CT molecular complexity index is 535. The predicted molar refractivity (Wildman–Crippen MR) is 95.6 cm³/mol. The summed E-state index contributed by atoms with van der Waals surface area (Å²) in [4.78, 5) is 14.8. The SMILES string of the molecule is Cc1ccc(CNC(=O)C2CCN([C@H]3CCCC[C@@H]3O)CC2)cc1. The molecule has 4 heteroatoms. The van der Waals surface area contributed by atoms with E-state index in [1.165, 1.54) is 12.0 Å². The van der Waals surface area contributed by atoms with Gasteiger partial charge in [0.05, 0.1) is 6.10 Å². The van der Waals surface area contributed by atoms with Crippen LogP contribution in [0.4, 0.5) is 0 Å². The van der Waals surface area contributed by atoms with Gasteiger partial charge in [-0.05, 0) is 51.3 Å². The third-order valence-electron chi connectivity index (χ3n) is 5.65. The van der Waals surface area contributed by atoms with Crippen molar-refractivity contribution in [1.29, 1.82) is 0 Å². The standard InChI is InChI=1S/C20H30N2O2/c1-15-6-8-16(9-7-15)14-21-20(24)17-10-12-22(13-11-17)18-4-2-3-5-19(18)23/h6-9,17-19,23H,2-5,10-14H2,1H3,(H,21,24)/t18-,19-/m0/s1. The zero-order chi connectivity index (χ0) is 16.9. The number of carbonyl (C=O) groups excluding carboxylic acids is 1. The Balaban J connectivity index is 1.44. The largest absolute Gasteiger partial charge is 0.391 e. The van der Waals surface area contributed by atoms with Gasteiger partial charge in [0.25, 0.3) is 0 Å². The van der Waals surface area contributed by atoms with Gasteiger partial charge in [-0.2, -0.15) is 0 Å². The van der Waals surface area contributed by atoms with E-state index in [0.717, 1.165) is 50.8 Å². The van der Waals surface area contributed by atoms with Crippen LogP contribution in [0.5, 0.6) is 0 Å². The molecule has 1 aliphatic heterocycles. The number of aliphatic hydroxyl groups excluding tert-OH is 1. The van der Waals surface area contributed by atoms with Crippen LogP contribution in [0.2, 0.25) is 0 Å². The molecule has 0 radical (unpaired) electrons. The highest BCUT2D eigenvalue weighted by molar-refractivity contribution is 5.78. The van der Waals surface area contributed by atoms with E-state index in [1.54, 1.807) is 0 Å². The Morgan fingerprint density at radius 1 is 1.12 bits per heavy atom. The molecule has 0 unspecified atom stereocenters. The van der Waals surface area contributed by atoms with Crippen molar-refractivity contribution in [2.75, 3.05) is 13.1 Å². The molecular weight excluding hydrogens is 300 g/mol. The van der Waals surface area contributed by atoms with Crippen molar-refractivity contribution in [1.82, 2.24) is 10.2 Å². The summed E-state index contributed by atoms with van der Waals surface area (Å²) < 4.78 is 0. The summed E-state index contributed by atoms with van der Waals surface area (Å²) >= 11 is 0. The summed E-state index contributed by atoms with van der Waals surface area (Å²) in [6.45, 7) is 4.55. The van der Waals surface area contributed by atoms with Crippen molar-refractivity contribution >= 4 is 5.91 Å².